The van der Waals surface area contributed by atoms with Gasteiger partial charge in [-0.1, -0.05) is 13.3 Å². The molecule has 0 radical (unpaired) electrons. The van der Waals surface area contributed by atoms with E-state index < -0.39 is 10.2 Å². The summed E-state index contributed by atoms with van der Waals surface area (Å²) in [7, 11) is -3.61. The molecule has 2 unspecified atom stereocenters. The minimum Gasteiger partial charge on any atom is -0.340 e. The molecule has 2 fully saturated rings. The van der Waals surface area contributed by atoms with Gasteiger partial charge in [0.2, 0.25) is 5.91 Å². The summed E-state index contributed by atoms with van der Waals surface area (Å²) in [6, 6.07) is 0. The van der Waals surface area contributed by atoms with Crippen LogP contribution in [0.2, 0.25) is 0 Å². The second-order valence-corrected chi connectivity index (χ2v) is 6.83. The van der Waals surface area contributed by atoms with E-state index in [9.17, 15) is 13.2 Å². The average molecular weight is 275 g/mol. The Hall–Kier alpha value is -0.660. The largest absolute Gasteiger partial charge is 0.340 e. The van der Waals surface area contributed by atoms with Gasteiger partial charge in [-0.25, -0.2) is 5.14 Å². The van der Waals surface area contributed by atoms with E-state index in [0.29, 0.717) is 32.1 Å². The van der Waals surface area contributed by atoms with Crippen molar-refractivity contribution in [3.8, 4) is 0 Å². The van der Waals surface area contributed by atoms with Gasteiger partial charge in [-0.05, 0) is 18.8 Å². The summed E-state index contributed by atoms with van der Waals surface area (Å²) in [4.78, 5) is 14.1. The Labute approximate surface area is 108 Å². The highest BCUT2D eigenvalue weighted by molar-refractivity contribution is 7.86. The molecule has 1 aliphatic heterocycles. The van der Waals surface area contributed by atoms with Crippen molar-refractivity contribution in [2.45, 2.75) is 26.2 Å². The van der Waals surface area contributed by atoms with Crippen molar-refractivity contribution in [2.24, 2.45) is 17.0 Å². The summed E-state index contributed by atoms with van der Waals surface area (Å²) in [5.41, 5.74) is 0. The van der Waals surface area contributed by atoms with Gasteiger partial charge in [-0.2, -0.15) is 12.7 Å². The Morgan fingerprint density at radius 1 is 1.17 bits per heavy atom. The van der Waals surface area contributed by atoms with E-state index in [-0.39, 0.29) is 11.8 Å². The predicted octanol–water partition coefficient (Wildman–Crippen LogP) is -0.230. The zero-order chi connectivity index (χ0) is 13.3. The number of nitrogens with two attached hydrogens (primary N) is 1. The number of rotatable bonds is 2. The van der Waals surface area contributed by atoms with Crippen molar-refractivity contribution >= 4 is 16.1 Å². The third-order valence-corrected chi connectivity index (χ3v) is 5.17. The van der Waals surface area contributed by atoms with Gasteiger partial charge in [0.1, 0.15) is 0 Å². The van der Waals surface area contributed by atoms with Crippen LogP contribution in [0.1, 0.15) is 26.2 Å². The van der Waals surface area contributed by atoms with Crippen molar-refractivity contribution in [3.63, 3.8) is 0 Å². The van der Waals surface area contributed by atoms with E-state index in [0.717, 1.165) is 19.3 Å². The summed E-state index contributed by atoms with van der Waals surface area (Å²) in [6.07, 6.45) is 3.21. The van der Waals surface area contributed by atoms with Crippen LogP contribution in [0.5, 0.6) is 0 Å². The third-order valence-electron chi connectivity index (χ3n) is 4.09. The molecular weight excluding hydrogens is 254 g/mol. The highest BCUT2D eigenvalue weighted by atomic mass is 32.2. The Morgan fingerprint density at radius 2 is 1.78 bits per heavy atom. The number of hydrogen-bond donors (Lipinski definition) is 1. The van der Waals surface area contributed by atoms with Gasteiger partial charge in [0.15, 0.2) is 0 Å². The zero-order valence-corrected chi connectivity index (χ0v) is 11.5. The van der Waals surface area contributed by atoms with Gasteiger partial charge >= 0.3 is 0 Å². The Kier molecular flexibility index (Phi) is 3.93. The van der Waals surface area contributed by atoms with Crippen molar-refractivity contribution in [2.75, 3.05) is 26.2 Å². The maximum Gasteiger partial charge on any atom is 0.277 e. The average Bonchev–Trinajstić information content (AvgIpc) is 2.73. The molecule has 0 bridgehead atoms. The molecule has 18 heavy (non-hydrogen) atoms. The molecule has 0 spiro atoms. The molecule has 2 rings (SSSR count). The summed E-state index contributed by atoms with van der Waals surface area (Å²) in [5, 5.41) is 5.07. The quantitative estimate of drug-likeness (QED) is 0.755. The minimum absolute atomic E-state index is 0.131. The molecule has 1 heterocycles. The van der Waals surface area contributed by atoms with E-state index >= 15 is 0 Å². The van der Waals surface area contributed by atoms with Crippen LogP contribution in [0.3, 0.4) is 0 Å². The molecule has 2 aliphatic rings. The molecular formula is C11H21N3O3S. The van der Waals surface area contributed by atoms with Crippen LogP contribution in [0.15, 0.2) is 0 Å². The summed E-state index contributed by atoms with van der Waals surface area (Å²) in [5.74, 6) is 0.772. The highest BCUT2D eigenvalue weighted by Gasteiger charge is 2.35. The zero-order valence-electron chi connectivity index (χ0n) is 10.7. The van der Waals surface area contributed by atoms with E-state index in [1.807, 2.05) is 0 Å². The van der Waals surface area contributed by atoms with Gasteiger partial charge in [-0.3, -0.25) is 4.79 Å². The number of piperazine rings is 1. The fourth-order valence-corrected chi connectivity index (χ4v) is 3.58. The summed E-state index contributed by atoms with van der Waals surface area (Å²) in [6.45, 7) is 3.66. The molecule has 0 aromatic heterocycles. The van der Waals surface area contributed by atoms with Gasteiger partial charge in [0.25, 0.3) is 10.2 Å². The van der Waals surface area contributed by atoms with Crippen LogP contribution in [0, 0.1) is 11.8 Å². The van der Waals surface area contributed by atoms with Crippen molar-refractivity contribution in [1.29, 1.82) is 0 Å². The van der Waals surface area contributed by atoms with Crippen LogP contribution < -0.4 is 5.14 Å². The number of nitrogens with zero attached hydrogens (tertiary/aromatic N) is 2. The molecule has 1 aliphatic carbocycles. The molecule has 7 heteroatoms. The maximum atomic E-state index is 12.3. The Balaban J connectivity index is 1.92. The van der Waals surface area contributed by atoms with Gasteiger partial charge in [0.05, 0.1) is 0 Å². The molecule has 6 nitrogen and oxygen atoms in total. The fraction of sp³-hybridized carbons (Fsp3) is 0.909. The van der Waals surface area contributed by atoms with Gasteiger partial charge in [0, 0.05) is 32.1 Å². The SMILES string of the molecule is CC1CCCC1C(=O)N1CCN(S(N)(=O)=O)CC1. The number of hydrogen-bond acceptors (Lipinski definition) is 3. The number of carbonyl (C=O) groups is 1. The van der Waals surface area contributed by atoms with Crippen LogP contribution in [0.4, 0.5) is 0 Å². The molecule has 0 aromatic carbocycles. The summed E-state index contributed by atoms with van der Waals surface area (Å²) < 4.78 is 23.6. The molecule has 2 N–H and O–H groups in total. The molecule has 1 amide bonds. The normalized spacial score (nSPS) is 30.7. The van der Waals surface area contributed by atoms with E-state index in [1.54, 1.807) is 4.90 Å². The number of carbonyl (C=O) groups excluding carboxylic acids is 1. The standard InChI is InChI=1S/C11H21N3O3S/c1-9-3-2-4-10(9)11(15)13-5-7-14(8-6-13)18(12,16)17/h9-10H,2-8H2,1H3,(H2,12,16,17). The highest BCUT2D eigenvalue weighted by Crippen LogP contribution is 2.32. The maximum absolute atomic E-state index is 12.3. The van der Waals surface area contributed by atoms with E-state index in [2.05, 4.69) is 6.92 Å². The number of amides is 1. The molecule has 2 atom stereocenters. The first kappa shape index (κ1) is 13.8. The molecule has 1 saturated heterocycles. The topological polar surface area (TPSA) is 83.7 Å². The first-order valence-corrected chi connectivity index (χ1v) is 7.96. The second-order valence-electron chi connectivity index (χ2n) is 5.28. The summed E-state index contributed by atoms with van der Waals surface area (Å²) >= 11 is 0. The first-order valence-electron chi connectivity index (χ1n) is 6.46. The van der Waals surface area contributed by atoms with Crippen molar-refractivity contribution in [3.05, 3.63) is 0 Å². The van der Waals surface area contributed by atoms with E-state index in [4.69, 9.17) is 5.14 Å². The van der Waals surface area contributed by atoms with Crippen molar-refractivity contribution in [1.82, 2.24) is 9.21 Å². The lowest BCUT2D eigenvalue weighted by molar-refractivity contribution is -0.137. The van der Waals surface area contributed by atoms with Crippen LogP contribution in [-0.4, -0.2) is 49.7 Å². The van der Waals surface area contributed by atoms with Gasteiger partial charge in [-0.15, -0.1) is 0 Å². The lowest BCUT2D eigenvalue weighted by Crippen LogP contribution is -2.53. The van der Waals surface area contributed by atoms with Crippen LogP contribution >= 0.6 is 0 Å². The lowest BCUT2D eigenvalue weighted by atomic mass is 9.96. The monoisotopic (exact) mass is 275 g/mol. The lowest BCUT2D eigenvalue weighted by Gasteiger charge is -2.35. The molecule has 1 saturated carbocycles. The minimum atomic E-state index is -3.61. The fourth-order valence-electron chi connectivity index (χ4n) is 2.91. The second kappa shape index (κ2) is 5.14. The van der Waals surface area contributed by atoms with Crippen molar-refractivity contribution < 1.29 is 13.2 Å². The predicted molar refractivity (Wildman–Crippen MR) is 67.8 cm³/mol. The third kappa shape index (κ3) is 2.84. The molecule has 104 valence electrons. The Morgan fingerprint density at radius 3 is 2.22 bits per heavy atom. The van der Waals surface area contributed by atoms with Gasteiger partial charge < -0.3 is 4.90 Å². The molecule has 0 aromatic rings. The van der Waals surface area contributed by atoms with E-state index in [1.165, 1.54) is 4.31 Å². The Bertz CT molecular complexity index is 415. The van der Waals surface area contributed by atoms with Crippen LogP contribution in [-0.2, 0) is 15.0 Å². The smallest absolute Gasteiger partial charge is 0.277 e. The first-order chi connectivity index (χ1) is 8.39. The van der Waals surface area contributed by atoms with Crippen LogP contribution in [0.25, 0.3) is 0 Å².